The first-order valence-electron chi connectivity index (χ1n) is 9.10. The second kappa shape index (κ2) is 8.00. The number of hydrogen-bond acceptors (Lipinski definition) is 4. The molecule has 0 unspecified atom stereocenters. The van der Waals surface area contributed by atoms with Crippen molar-refractivity contribution in [3.63, 3.8) is 0 Å². The lowest BCUT2D eigenvalue weighted by atomic mass is 10.1. The van der Waals surface area contributed by atoms with Crippen molar-refractivity contribution in [2.45, 2.75) is 13.8 Å². The summed E-state index contributed by atoms with van der Waals surface area (Å²) in [4.78, 5) is 16.9. The second-order valence-corrected chi connectivity index (χ2v) is 8.66. The predicted molar refractivity (Wildman–Crippen MR) is 109 cm³/mol. The van der Waals surface area contributed by atoms with E-state index >= 15 is 0 Å². The Hall–Kier alpha value is -2.54. The van der Waals surface area contributed by atoms with Crippen LogP contribution < -0.4 is 9.62 Å². The summed E-state index contributed by atoms with van der Waals surface area (Å²) in [6.45, 7) is 6.49. The highest BCUT2D eigenvalue weighted by molar-refractivity contribution is 7.92. The lowest BCUT2D eigenvalue weighted by molar-refractivity contribution is 0.0747. The first-order chi connectivity index (χ1) is 12.9. The molecule has 1 N–H and O–H groups in total. The molecule has 2 aromatic carbocycles. The zero-order valence-corrected chi connectivity index (χ0v) is 16.5. The third-order valence-corrected chi connectivity index (χ3v) is 6.09. The topological polar surface area (TPSA) is 69.7 Å². The molecule has 0 bridgehead atoms. The van der Waals surface area contributed by atoms with Crippen molar-refractivity contribution in [3.05, 3.63) is 59.7 Å². The number of aryl methyl sites for hydroxylation is 1. The molecule has 0 aromatic heterocycles. The summed E-state index contributed by atoms with van der Waals surface area (Å²) in [5.41, 5.74) is 3.35. The predicted octanol–water partition coefficient (Wildman–Crippen LogP) is 2.72. The first kappa shape index (κ1) is 19.2. The number of carbonyl (C=O) groups is 1. The number of hydrogen-bond donors (Lipinski definition) is 1. The van der Waals surface area contributed by atoms with Crippen molar-refractivity contribution in [2.75, 3.05) is 41.6 Å². The van der Waals surface area contributed by atoms with Crippen LogP contribution in [-0.4, -0.2) is 51.2 Å². The maximum absolute atomic E-state index is 12.8. The number of anilines is 2. The molecule has 7 heteroatoms. The van der Waals surface area contributed by atoms with Gasteiger partial charge in [0.2, 0.25) is 10.0 Å². The Bertz CT molecular complexity index is 920. The number of piperazine rings is 1. The molecule has 1 saturated heterocycles. The molecule has 0 saturated carbocycles. The minimum atomic E-state index is -3.36. The van der Waals surface area contributed by atoms with Gasteiger partial charge in [-0.25, -0.2) is 8.42 Å². The fourth-order valence-corrected chi connectivity index (χ4v) is 3.85. The number of benzene rings is 2. The maximum atomic E-state index is 12.8. The van der Waals surface area contributed by atoms with Crippen LogP contribution in [0.2, 0.25) is 0 Å². The number of carbonyl (C=O) groups excluding carboxylic acids is 1. The van der Waals surface area contributed by atoms with E-state index in [1.54, 1.807) is 31.2 Å². The van der Waals surface area contributed by atoms with E-state index in [1.165, 1.54) is 11.3 Å². The monoisotopic (exact) mass is 387 g/mol. The zero-order chi connectivity index (χ0) is 19.4. The molecule has 144 valence electrons. The van der Waals surface area contributed by atoms with Gasteiger partial charge in [-0.1, -0.05) is 24.3 Å². The molecular formula is C20H25N3O3S. The second-order valence-electron chi connectivity index (χ2n) is 6.65. The number of sulfonamides is 1. The Morgan fingerprint density at radius 2 is 1.74 bits per heavy atom. The molecule has 1 heterocycles. The minimum Gasteiger partial charge on any atom is -0.368 e. The van der Waals surface area contributed by atoms with Gasteiger partial charge in [0, 0.05) is 43.1 Å². The van der Waals surface area contributed by atoms with Crippen molar-refractivity contribution in [2.24, 2.45) is 0 Å². The van der Waals surface area contributed by atoms with Crippen LogP contribution in [0.25, 0.3) is 0 Å². The quantitative estimate of drug-likeness (QED) is 0.856. The van der Waals surface area contributed by atoms with Crippen LogP contribution in [0, 0.1) is 6.92 Å². The Morgan fingerprint density at radius 3 is 2.41 bits per heavy atom. The highest BCUT2D eigenvalue weighted by atomic mass is 32.2. The van der Waals surface area contributed by atoms with E-state index < -0.39 is 10.0 Å². The molecule has 27 heavy (non-hydrogen) atoms. The Morgan fingerprint density at radius 1 is 1.04 bits per heavy atom. The molecular weight excluding hydrogens is 362 g/mol. The fraction of sp³-hybridized carbons (Fsp3) is 0.350. The molecule has 6 nitrogen and oxygen atoms in total. The SMILES string of the molecule is CCS(=O)(=O)Nc1cccc(C(=O)N2CCN(c3ccccc3C)CC2)c1. The number of rotatable bonds is 5. The highest BCUT2D eigenvalue weighted by Crippen LogP contribution is 2.22. The van der Waals surface area contributed by atoms with Gasteiger partial charge in [0.05, 0.1) is 5.75 Å². The summed E-state index contributed by atoms with van der Waals surface area (Å²) < 4.78 is 26.0. The smallest absolute Gasteiger partial charge is 0.254 e. The van der Waals surface area contributed by atoms with Gasteiger partial charge in [-0.3, -0.25) is 9.52 Å². The Kier molecular flexibility index (Phi) is 5.70. The van der Waals surface area contributed by atoms with Crippen molar-refractivity contribution < 1.29 is 13.2 Å². The third-order valence-electron chi connectivity index (χ3n) is 4.79. The van der Waals surface area contributed by atoms with Crippen LogP contribution in [0.4, 0.5) is 11.4 Å². The van der Waals surface area contributed by atoms with E-state index in [-0.39, 0.29) is 11.7 Å². The van der Waals surface area contributed by atoms with E-state index in [4.69, 9.17) is 0 Å². The Labute approximate surface area is 160 Å². The van der Waals surface area contributed by atoms with Crippen molar-refractivity contribution >= 4 is 27.3 Å². The lowest BCUT2D eigenvalue weighted by Gasteiger charge is -2.36. The van der Waals surface area contributed by atoms with Gasteiger partial charge in [-0.15, -0.1) is 0 Å². The number of para-hydroxylation sites is 1. The molecule has 0 spiro atoms. The van der Waals surface area contributed by atoms with E-state index in [2.05, 4.69) is 28.7 Å². The summed E-state index contributed by atoms with van der Waals surface area (Å²) in [7, 11) is -3.36. The summed E-state index contributed by atoms with van der Waals surface area (Å²) in [5.74, 6) is -0.0801. The van der Waals surface area contributed by atoms with Gasteiger partial charge in [0.1, 0.15) is 0 Å². The third kappa shape index (κ3) is 4.60. The summed E-state index contributed by atoms with van der Waals surface area (Å²) in [5, 5.41) is 0. The van der Waals surface area contributed by atoms with Gasteiger partial charge >= 0.3 is 0 Å². The average Bonchev–Trinajstić information content (AvgIpc) is 2.68. The molecule has 1 aliphatic heterocycles. The number of amides is 1. The molecule has 1 amide bonds. The molecule has 1 fully saturated rings. The molecule has 0 aliphatic carbocycles. The summed E-state index contributed by atoms with van der Waals surface area (Å²) in [6.07, 6.45) is 0. The highest BCUT2D eigenvalue weighted by Gasteiger charge is 2.23. The normalized spacial score (nSPS) is 14.9. The van der Waals surface area contributed by atoms with Gasteiger partial charge < -0.3 is 9.80 Å². The van der Waals surface area contributed by atoms with Crippen LogP contribution in [0.3, 0.4) is 0 Å². The van der Waals surface area contributed by atoms with Crippen molar-refractivity contribution in [3.8, 4) is 0 Å². The van der Waals surface area contributed by atoms with Crippen LogP contribution in [0.5, 0.6) is 0 Å². The zero-order valence-electron chi connectivity index (χ0n) is 15.7. The summed E-state index contributed by atoms with van der Waals surface area (Å²) in [6, 6.07) is 14.9. The fourth-order valence-electron chi connectivity index (χ4n) is 3.22. The Balaban J connectivity index is 1.67. The van der Waals surface area contributed by atoms with E-state index in [9.17, 15) is 13.2 Å². The number of nitrogens with one attached hydrogen (secondary N) is 1. The van der Waals surface area contributed by atoms with Gasteiger partial charge in [-0.2, -0.15) is 0 Å². The van der Waals surface area contributed by atoms with Gasteiger partial charge in [0.25, 0.3) is 5.91 Å². The van der Waals surface area contributed by atoms with E-state index in [0.717, 1.165) is 13.1 Å². The summed E-state index contributed by atoms with van der Waals surface area (Å²) >= 11 is 0. The minimum absolute atomic E-state index is 0.00790. The molecule has 2 aromatic rings. The van der Waals surface area contributed by atoms with Crippen LogP contribution in [-0.2, 0) is 10.0 Å². The van der Waals surface area contributed by atoms with E-state index in [1.807, 2.05) is 17.0 Å². The van der Waals surface area contributed by atoms with Crippen LogP contribution >= 0.6 is 0 Å². The number of nitrogens with zero attached hydrogens (tertiary/aromatic N) is 2. The average molecular weight is 388 g/mol. The largest absolute Gasteiger partial charge is 0.368 e. The van der Waals surface area contributed by atoms with E-state index in [0.29, 0.717) is 24.3 Å². The van der Waals surface area contributed by atoms with Gasteiger partial charge in [0.15, 0.2) is 0 Å². The first-order valence-corrected chi connectivity index (χ1v) is 10.8. The molecule has 0 radical (unpaired) electrons. The maximum Gasteiger partial charge on any atom is 0.254 e. The standard InChI is InChI=1S/C20H25N3O3S/c1-3-27(25,26)21-18-9-6-8-17(15-18)20(24)23-13-11-22(12-14-23)19-10-5-4-7-16(19)2/h4-10,15,21H,3,11-14H2,1-2H3. The van der Waals surface area contributed by atoms with Crippen LogP contribution in [0.15, 0.2) is 48.5 Å². The molecule has 0 atom stereocenters. The van der Waals surface area contributed by atoms with Crippen molar-refractivity contribution in [1.82, 2.24) is 4.90 Å². The van der Waals surface area contributed by atoms with Gasteiger partial charge in [-0.05, 0) is 43.7 Å². The van der Waals surface area contributed by atoms with Crippen LogP contribution in [0.1, 0.15) is 22.8 Å². The molecule has 3 rings (SSSR count). The molecule has 1 aliphatic rings. The van der Waals surface area contributed by atoms with Crippen molar-refractivity contribution in [1.29, 1.82) is 0 Å². The lowest BCUT2D eigenvalue weighted by Crippen LogP contribution is -2.49.